The second-order valence-corrected chi connectivity index (χ2v) is 9.47. The van der Waals surface area contributed by atoms with E-state index in [2.05, 4.69) is 5.32 Å². The number of carbonyl (C=O) groups is 1. The lowest BCUT2D eigenvalue weighted by Gasteiger charge is -2.23. The largest absolute Gasteiger partial charge is 0.322 e. The van der Waals surface area contributed by atoms with Crippen LogP contribution >= 0.6 is 23.2 Å². The van der Waals surface area contributed by atoms with Gasteiger partial charge in [-0.3, -0.25) is 4.79 Å². The molecule has 2 aromatic carbocycles. The Hall–Kier alpha value is -1.60. The molecule has 8 heteroatoms. The predicted molar refractivity (Wildman–Crippen MR) is 108 cm³/mol. The molecular formula is C19H20Cl2N2O3S. The number of nitrogens with one attached hydrogen (secondary N) is 1. The van der Waals surface area contributed by atoms with Gasteiger partial charge >= 0.3 is 0 Å². The van der Waals surface area contributed by atoms with E-state index in [0.29, 0.717) is 21.3 Å². The van der Waals surface area contributed by atoms with E-state index in [4.69, 9.17) is 23.2 Å². The van der Waals surface area contributed by atoms with E-state index in [9.17, 15) is 13.2 Å². The number of anilines is 1. The third kappa shape index (κ3) is 4.63. The molecule has 1 aliphatic rings. The zero-order valence-electron chi connectivity index (χ0n) is 14.8. The lowest BCUT2D eigenvalue weighted by atomic mass is 10.2. The van der Waals surface area contributed by atoms with Crippen molar-refractivity contribution in [1.82, 2.24) is 4.31 Å². The van der Waals surface area contributed by atoms with Gasteiger partial charge in [-0.1, -0.05) is 36.0 Å². The van der Waals surface area contributed by atoms with Crippen molar-refractivity contribution >= 4 is 44.8 Å². The Bertz CT molecular complexity index is 920. The van der Waals surface area contributed by atoms with Crippen molar-refractivity contribution in [2.75, 3.05) is 12.4 Å². The molecule has 0 aromatic heterocycles. The third-order valence-corrected chi connectivity index (χ3v) is 7.11. The van der Waals surface area contributed by atoms with Crippen LogP contribution in [0.15, 0.2) is 47.4 Å². The maximum atomic E-state index is 12.8. The first-order valence-corrected chi connectivity index (χ1v) is 10.8. The summed E-state index contributed by atoms with van der Waals surface area (Å²) in [4.78, 5) is 12.6. The molecule has 0 bridgehead atoms. The van der Waals surface area contributed by atoms with Crippen molar-refractivity contribution in [1.29, 1.82) is 0 Å². The first kappa shape index (κ1) is 20.1. The Morgan fingerprint density at radius 1 is 1.04 bits per heavy atom. The molecule has 27 heavy (non-hydrogen) atoms. The monoisotopic (exact) mass is 426 g/mol. The smallest absolute Gasteiger partial charge is 0.255 e. The minimum absolute atomic E-state index is 0.0468. The highest BCUT2D eigenvalue weighted by atomic mass is 35.5. The Kier molecular flexibility index (Phi) is 6.11. The fourth-order valence-electron chi connectivity index (χ4n) is 3.24. The Labute approximate surface area is 169 Å². The van der Waals surface area contributed by atoms with Crippen LogP contribution < -0.4 is 5.32 Å². The van der Waals surface area contributed by atoms with E-state index in [-0.39, 0.29) is 16.8 Å². The van der Waals surface area contributed by atoms with Gasteiger partial charge in [0.2, 0.25) is 10.0 Å². The Morgan fingerprint density at radius 2 is 1.59 bits per heavy atom. The molecule has 5 nitrogen and oxygen atoms in total. The number of halogens is 2. The molecule has 144 valence electrons. The second-order valence-electron chi connectivity index (χ2n) is 6.60. The molecule has 2 aromatic rings. The van der Waals surface area contributed by atoms with Gasteiger partial charge in [-0.15, -0.1) is 0 Å². The summed E-state index contributed by atoms with van der Waals surface area (Å²) in [7, 11) is -1.95. The first-order chi connectivity index (χ1) is 12.8. The average Bonchev–Trinajstić information content (AvgIpc) is 3.14. The molecule has 1 fully saturated rings. The molecule has 1 saturated carbocycles. The number of rotatable bonds is 5. The van der Waals surface area contributed by atoms with Crippen LogP contribution in [0.4, 0.5) is 5.69 Å². The van der Waals surface area contributed by atoms with Crippen molar-refractivity contribution in [3.63, 3.8) is 0 Å². The summed E-state index contributed by atoms with van der Waals surface area (Å²) in [6.45, 7) is 0. The first-order valence-electron chi connectivity index (χ1n) is 8.63. The van der Waals surface area contributed by atoms with Crippen LogP contribution in [0.2, 0.25) is 10.0 Å². The highest BCUT2D eigenvalue weighted by Crippen LogP contribution is 2.27. The van der Waals surface area contributed by atoms with E-state index >= 15 is 0 Å². The van der Waals surface area contributed by atoms with Gasteiger partial charge in [-0.05, 0) is 55.3 Å². The van der Waals surface area contributed by atoms with Crippen LogP contribution in [0.25, 0.3) is 0 Å². The van der Waals surface area contributed by atoms with Crippen molar-refractivity contribution < 1.29 is 13.2 Å². The van der Waals surface area contributed by atoms with Gasteiger partial charge in [-0.2, -0.15) is 4.31 Å². The molecule has 0 aliphatic heterocycles. The van der Waals surface area contributed by atoms with Crippen LogP contribution in [0.1, 0.15) is 36.0 Å². The topological polar surface area (TPSA) is 66.5 Å². The maximum absolute atomic E-state index is 12.8. The summed E-state index contributed by atoms with van der Waals surface area (Å²) in [6.07, 6.45) is 3.88. The number of hydrogen-bond acceptors (Lipinski definition) is 3. The van der Waals surface area contributed by atoms with Gasteiger partial charge in [-0.25, -0.2) is 8.42 Å². The van der Waals surface area contributed by atoms with E-state index in [1.54, 1.807) is 25.2 Å². The van der Waals surface area contributed by atoms with Gasteiger partial charge in [0.05, 0.1) is 4.90 Å². The zero-order chi connectivity index (χ0) is 19.6. The molecule has 3 rings (SSSR count). The molecule has 0 unspecified atom stereocenters. The van der Waals surface area contributed by atoms with E-state index in [1.807, 2.05) is 0 Å². The fourth-order valence-corrected chi connectivity index (χ4v) is 5.18. The summed E-state index contributed by atoms with van der Waals surface area (Å²) < 4.78 is 27.0. The summed E-state index contributed by atoms with van der Waals surface area (Å²) in [6, 6.07) is 10.7. The molecule has 1 amide bonds. The standard InChI is InChI=1S/C19H20Cl2N2O3S/c1-23(17-4-2-3-5-17)27(25,26)18-8-6-13(7-9-18)19(24)22-16-11-14(20)10-15(21)12-16/h6-12,17H,2-5H2,1H3,(H,22,24). The Morgan fingerprint density at radius 3 is 2.15 bits per heavy atom. The molecule has 0 atom stereocenters. The number of nitrogens with zero attached hydrogens (tertiary/aromatic N) is 1. The quantitative estimate of drug-likeness (QED) is 0.745. The van der Waals surface area contributed by atoms with Crippen molar-refractivity contribution in [2.24, 2.45) is 0 Å². The van der Waals surface area contributed by atoms with Crippen molar-refractivity contribution in [3.8, 4) is 0 Å². The highest BCUT2D eigenvalue weighted by molar-refractivity contribution is 7.89. The van der Waals surface area contributed by atoms with Crippen LogP contribution in [0.3, 0.4) is 0 Å². The number of sulfonamides is 1. The van der Waals surface area contributed by atoms with Crippen LogP contribution in [0.5, 0.6) is 0 Å². The van der Waals surface area contributed by atoms with Crippen LogP contribution in [-0.2, 0) is 10.0 Å². The number of benzene rings is 2. The summed E-state index contributed by atoms with van der Waals surface area (Å²) in [5, 5.41) is 3.52. The third-order valence-electron chi connectivity index (χ3n) is 4.75. The highest BCUT2D eigenvalue weighted by Gasteiger charge is 2.30. The molecule has 1 aliphatic carbocycles. The van der Waals surface area contributed by atoms with E-state index in [1.165, 1.54) is 28.6 Å². The molecule has 0 radical (unpaired) electrons. The molecule has 1 N–H and O–H groups in total. The van der Waals surface area contributed by atoms with Gasteiger partial charge in [0, 0.05) is 34.4 Å². The number of hydrogen-bond donors (Lipinski definition) is 1. The molecule has 0 spiro atoms. The van der Waals surface area contributed by atoms with Crippen molar-refractivity contribution in [2.45, 2.75) is 36.6 Å². The zero-order valence-corrected chi connectivity index (χ0v) is 17.1. The summed E-state index contributed by atoms with van der Waals surface area (Å²) in [5.74, 6) is -0.374. The SMILES string of the molecule is CN(C1CCCC1)S(=O)(=O)c1ccc(C(=O)Nc2cc(Cl)cc(Cl)c2)cc1. The van der Waals surface area contributed by atoms with Crippen LogP contribution in [0, 0.1) is 0 Å². The van der Waals surface area contributed by atoms with Gasteiger partial charge in [0.25, 0.3) is 5.91 Å². The predicted octanol–water partition coefficient (Wildman–Crippen LogP) is 4.81. The fraction of sp³-hybridized carbons (Fsp3) is 0.316. The molecule has 0 saturated heterocycles. The molecular weight excluding hydrogens is 407 g/mol. The van der Waals surface area contributed by atoms with Crippen LogP contribution in [-0.4, -0.2) is 31.7 Å². The number of amides is 1. The maximum Gasteiger partial charge on any atom is 0.255 e. The Balaban J connectivity index is 1.75. The number of carbonyl (C=O) groups excluding carboxylic acids is 1. The van der Waals surface area contributed by atoms with Crippen molar-refractivity contribution in [3.05, 3.63) is 58.1 Å². The lowest BCUT2D eigenvalue weighted by Crippen LogP contribution is -2.35. The lowest BCUT2D eigenvalue weighted by molar-refractivity contribution is 0.102. The molecule has 0 heterocycles. The summed E-state index contributed by atoms with van der Waals surface area (Å²) in [5.41, 5.74) is 0.809. The van der Waals surface area contributed by atoms with Gasteiger partial charge in [0.1, 0.15) is 0 Å². The van der Waals surface area contributed by atoms with E-state index in [0.717, 1.165) is 25.7 Å². The van der Waals surface area contributed by atoms with Gasteiger partial charge in [0.15, 0.2) is 0 Å². The minimum atomic E-state index is -3.57. The second kappa shape index (κ2) is 8.19. The minimum Gasteiger partial charge on any atom is -0.322 e. The summed E-state index contributed by atoms with van der Waals surface area (Å²) >= 11 is 11.9. The van der Waals surface area contributed by atoms with Gasteiger partial charge < -0.3 is 5.32 Å². The van der Waals surface area contributed by atoms with E-state index < -0.39 is 10.0 Å². The average molecular weight is 427 g/mol. The normalized spacial score (nSPS) is 15.3.